The van der Waals surface area contributed by atoms with Gasteiger partial charge >= 0.3 is 6.18 Å². The Morgan fingerprint density at radius 2 is 2.09 bits per heavy atom. The van der Waals surface area contributed by atoms with Crippen molar-refractivity contribution in [3.8, 4) is 11.4 Å². The second-order valence-electron chi connectivity index (χ2n) is 8.28. The molecule has 1 amide bonds. The summed E-state index contributed by atoms with van der Waals surface area (Å²) in [4.78, 5) is 19.4. The Morgan fingerprint density at radius 3 is 2.76 bits per heavy atom. The third kappa shape index (κ3) is 4.96. The van der Waals surface area contributed by atoms with Crippen LogP contribution in [-0.2, 0) is 6.18 Å². The number of hydrogen-bond donors (Lipinski definition) is 2. The molecule has 33 heavy (non-hydrogen) atoms. The zero-order chi connectivity index (χ0) is 23.6. The summed E-state index contributed by atoms with van der Waals surface area (Å²) in [7, 11) is 0. The number of hydrogen-bond acceptors (Lipinski definition) is 6. The second-order valence-corrected chi connectivity index (χ2v) is 8.28. The van der Waals surface area contributed by atoms with Crippen molar-refractivity contribution in [2.24, 2.45) is 5.92 Å². The number of aromatic amines is 1. The Balaban J connectivity index is 1.55. The van der Waals surface area contributed by atoms with E-state index in [0.717, 1.165) is 30.7 Å². The number of likely N-dealkylation sites (tertiary alicyclic amines) is 1. The van der Waals surface area contributed by atoms with Gasteiger partial charge in [-0.1, -0.05) is 18.6 Å². The van der Waals surface area contributed by atoms with Gasteiger partial charge < -0.3 is 10.2 Å². The van der Waals surface area contributed by atoms with Crippen molar-refractivity contribution in [3.05, 3.63) is 53.2 Å². The average Bonchev–Trinajstić information content (AvgIpc) is 3.32. The molecule has 0 aliphatic carbocycles. The van der Waals surface area contributed by atoms with Crippen LogP contribution < -0.4 is 5.32 Å². The molecule has 0 bridgehead atoms. The fourth-order valence-electron chi connectivity index (χ4n) is 4.15. The number of H-pyrrole nitrogens is 1. The minimum atomic E-state index is -4.43. The lowest BCUT2D eigenvalue weighted by Crippen LogP contribution is -2.51. The highest BCUT2D eigenvalue weighted by atomic mass is 19.4. The summed E-state index contributed by atoms with van der Waals surface area (Å²) in [5.41, 5.74) is 1.21. The predicted octanol–water partition coefficient (Wildman–Crippen LogP) is 3.94. The van der Waals surface area contributed by atoms with Crippen molar-refractivity contribution in [2.45, 2.75) is 38.9 Å². The zero-order valence-corrected chi connectivity index (χ0v) is 18.2. The van der Waals surface area contributed by atoms with Gasteiger partial charge in [0.1, 0.15) is 5.82 Å². The van der Waals surface area contributed by atoms with Crippen LogP contribution in [0.4, 0.5) is 19.0 Å². The van der Waals surface area contributed by atoms with E-state index in [0.29, 0.717) is 35.9 Å². The monoisotopic (exact) mass is 459 g/mol. The number of carbonyl (C=O) groups excluding carboxylic acids is 1. The van der Waals surface area contributed by atoms with E-state index in [1.54, 1.807) is 6.07 Å². The molecule has 2 atom stereocenters. The summed E-state index contributed by atoms with van der Waals surface area (Å²) in [5, 5.41) is 17.2. The van der Waals surface area contributed by atoms with E-state index in [1.165, 1.54) is 6.07 Å². The van der Waals surface area contributed by atoms with E-state index in [1.807, 2.05) is 24.0 Å². The van der Waals surface area contributed by atoms with E-state index < -0.39 is 11.7 Å². The van der Waals surface area contributed by atoms with Crippen molar-refractivity contribution in [1.29, 1.82) is 0 Å². The van der Waals surface area contributed by atoms with Gasteiger partial charge in [-0.25, -0.2) is 4.98 Å². The number of anilines is 1. The number of nitrogens with one attached hydrogen (secondary N) is 2. The van der Waals surface area contributed by atoms with Gasteiger partial charge in [0, 0.05) is 24.8 Å². The molecular weight excluding hydrogens is 435 g/mol. The Morgan fingerprint density at radius 1 is 1.27 bits per heavy atom. The molecule has 0 radical (unpaired) electrons. The molecule has 8 nitrogen and oxygen atoms in total. The topological polar surface area (TPSA) is 99.7 Å². The molecule has 1 aliphatic heterocycles. The number of aromatic nitrogens is 5. The standard InChI is InChI=1S/C22H24F3N7O/c1-13-5-7-16(20-28-30-31-29-20)17(10-13)21(33)32-9-3-4-14(2)18(32)12-27-19-8-6-15(11-26-19)22(23,24)25/h5-8,10-11,14,18H,3-4,9,12H2,1-2H3,(H,26,27)(H,28,29,30,31). The molecule has 4 rings (SSSR count). The maximum Gasteiger partial charge on any atom is 0.417 e. The molecule has 3 heterocycles. The maximum atomic E-state index is 13.7. The lowest BCUT2D eigenvalue weighted by Gasteiger charge is -2.40. The lowest BCUT2D eigenvalue weighted by atomic mass is 9.89. The number of pyridine rings is 1. The average molecular weight is 459 g/mol. The first-order chi connectivity index (χ1) is 15.7. The van der Waals surface area contributed by atoms with Crippen molar-refractivity contribution in [1.82, 2.24) is 30.5 Å². The zero-order valence-electron chi connectivity index (χ0n) is 18.2. The molecule has 1 aromatic carbocycles. The number of benzene rings is 1. The van der Waals surface area contributed by atoms with E-state index >= 15 is 0 Å². The van der Waals surface area contributed by atoms with Crippen molar-refractivity contribution in [2.75, 3.05) is 18.4 Å². The van der Waals surface area contributed by atoms with Gasteiger partial charge in [0.15, 0.2) is 0 Å². The number of amides is 1. The van der Waals surface area contributed by atoms with Crippen LogP contribution in [0.5, 0.6) is 0 Å². The first-order valence-corrected chi connectivity index (χ1v) is 10.7. The van der Waals surface area contributed by atoms with Gasteiger partial charge in [0.05, 0.1) is 17.2 Å². The van der Waals surface area contributed by atoms with E-state index in [2.05, 4.69) is 37.8 Å². The number of alkyl halides is 3. The van der Waals surface area contributed by atoms with Crippen molar-refractivity contribution >= 4 is 11.7 Å². The highest BCUT2D eigenvalue weighted by Gasteiger charge is 2.34. The number of halogens is 3. The predicted molar refractivity (Wildman–Crippen MR) is 115 cm³/mol. The molecule has 1 fully saturated rings. The van der Waals surface area contributed by atoms with E-state index in [-0.39, 0.29) is 17.9 Å². The fraction of sp³-hybridized carbons (Fsp3) is 0.409. The van der Waals surface area contributed by atoms with Gasteiger partial charge in [-0.05, 0) is 55.2 Å². The Kier molecular flexibility index (Phi) is 6.30. The van der Waals surface area contributed by atoms with E-state index in [9.17, 15) is 18.0 Å². The lowest BCUT2D eigenvalue weighted by molar-refractivity contribution is -0.137. The molecule has 1 saturated heterocycles. The Hall–Kier alpha value is -3.50. The van der Waals surface area contributed by atoms with Crippen LogP contribution in [0, 0.1) is 12.8 Å². The Bertz CT molecular complexity index is 1100. The summed E-state index contributed by atoms with van der Waals surface area (Å²) in [6.07, 6.45) is -1.82. The smallest absolute Gasteiger partial charge is 0.368 e. The molecule has 174 valence electrons. The molecule has 1 aliphatic rings. The second kappa shape index (κ2) is 9.16. The SMILES string of the molecule is Cc1ccc(-c2nn[nH]n2)c(C(=O)N2CCCC(C)C2CNc2ccc(C(F)(F)F)cn2)c1. The molecule has 0 saturated carbocycles. The number of rotatable bonds is 5. The van der Waals surface area contributed by atoms with Crippen LogP contribution >= 0.6 is 0 Å². The van der Waals surface area contributed by atoms with Crippen molar-refractivity contribution < 1.29 is 18.0 Å². The molecule has 2 N–H and O–H groups in total. The summed E-state index contributed by atoms with van der Waals surface area (Å²) in [5.74, 6) is 0.726. The summed E-state index contributed by atoms with van der Waals surface area (Å²) >= 11 is 0. The number of piperidine rings is 1. The Labute approximate surface area is 188 Å². The molecule has 2 unspecified atom stereocenters. The third-order valence-corrected chi connectivity index (χ3v) is 5.95. The van der Waals surface area contributed by atoms with Crippen LogP contribution in [-0.4, -0.2) is 55.5 Å². The van der Waals surface area contributed by atoms with Gasteiger partial charge in [0.25, 0.3) is 5.91 Å². The van der Waals surface area contributed by atoms with Crippen LogP contribution in [0.25, 0.3) is 11.4 Å². The molecule has 0 spiro atoms. The number of aryl methyl sites for hydroxylation is 1. The molecule has 2 aromatic heterocycles. The first-order valence-electron chi connectivity index (χ1n) is 10.7. The first kappa shape index (κ1) is 22.7. The largest absolute Gasteiger partial charge is 0.417 e. The summed E-state index contributed by atoms with van der Waals surface area (Å²) in [6, 6.07) is 7.64. The van der Waals surface area contributed by atoms with Gasteiger partial charge in [-0.3, -0.25) is 4.79 Å². The van der Waals surface area contributed by atoms with Crippen LogP contribution in [0.15, 0.2) is 36.5 Å². The van der Waals surface area contributed by atoms with Crippen LogP contribution in [0.1, 0.15) is 41.3 Å². The fourth-order valence-corrected chi connectivity index (χ4v) is 4.15. The van der Waals surface area contributed by atoms with Gasteiger partial charge in [0.2, 0.25) is 5.82 Å². The van der Waals surface area contributed by atoms with Crippen LogP contribution in [0.2, 0.25) is 0 Å². The molecular formula is C22H24F3N7O. The van der Waals surface area contributed by atoms with Crippen molar-refractivity contribution in [3.63, 3.8) is 0 Å². The number of nitrogens with zero attached hydrogens (tertiary/aromatic N) is 5. The quantitative estimate of drug-likeness (QED) is 0.600. The number of tetrazole rings is 1. The maximum absolute atomic E-state index is 13.7. The normalized spacial score (nSPS) is 18.9. The number of carbonyl (C=O) groups is 1. The minimum Gasteiger partial charge on any atom is -0.368 e. The highest BCUT2D eigenvalue weighted by molar-refractivity contribution is 6.00. The summed E-state index contributed by atoms with van der Waals surface area (Å²) in [6.45, 7) is 4.93. The van der Waals surface area contributed by atoms with Crippen LogP contribution in [0.3, 0.4) is 0 Å². The minimum absolute atomic E-state index is 0.141. The van der Waals surface area contributed by atoms with E-state index in [4.69, 9.17) is 0 Å². The van der Waals surface area contributed by atoms with Gasteiger partial charge in [-0.15, -0.1) is 10.2 Å². The molecule has 3 aromatic rings. The molecule has 11 heteroatoms. The highest BCUT2D eigenvalue weighted by Crippen LogP contribution is 2.30. The van der Waals surface area contributed by atoms with Gasteiger partial charge in [-0.2, -0.15) is 18.4 Å². The summed E-state index contributed by atoms with van der Waals surface area (Å²) < 4.78 is 38.4. The third-order valence-electron chi connectivity index (χ3n) is 5.95.